The summed E-state index contributed by atoms with van der Waals surface area (Å²) in [4.78, 5) is 30.4. The number of aliphatic hydroxyl groups excluding tert-OH is 1. The minimum Gasteiger partial charge on any atom is -0.503 e. The van der Waals surface area contributed by atoms with Gasteiger partial charge in [0.1, 0.15) is 0 Å². The molecule has 1 amide bonds. The van der Waals surface area contributed by atoms with Gasteiger partial charge in [-0.25, -0.2) is 0 Å². The summed E-state index contributed by atoms with van der Waals surface area (Å²) < 4.78 is 0. The first-order valence-corrected chi connectivity index (χ1v) is 7.78. The molecule has 1 atom stereocenters. The van der Waals surface area contributed by atoms with E-state index in [9.17, 15) is 14.7 Å². The van der Waals surface area contributed by atoms with Crippen LogP contribution in [0.3, 0.4) is 0 Å². The fourth-order valence-corrected chi connectivity index (χ4v) is 2.90. The van der Waals surface area contributed by atoms with Crippen molar-refractivity contribution in [2.75, 3.05) is 4.90 Å². The van der Waals surface area contributed by atoms with Crippen LogP contribution in [-0.2, 0) is 9.59 Å². The van der Waals surface area contributed by atoms with Gasteiger partial charge in [-0.2, -0.15) is 5.26 Å². The predicted octanol–water partition coefficient (Wildman–Crippen LogP) is 2.83. The van der Waals surface area contributed by atoms with E-state index in [1.54, 1.807) is 55.7 Å². The zero-order valence-electron chi connectivity index (χ0n) is 13.5. The molecule has 1 unspecified atom stereocenters. The van der Waals surface area contributed by atoms with Crippen molar-refractivity contribution in [2.45, 2.75) is 19.4 Å². The molecule has 0 radical (unpaired) electrons. The molecule has 1 aliphatic rings. The number of hydrogen-bond acceptors (Lipinski definition) is 5. The van der Waals surface area contributed by atoms with Gasteiger partial charge in [0.15, 0.2) is 11.5 Å². The van der Waals surface area contributed by atoms with Gasteiger partial charge in [0.05, 0.1) is 23.2 Å². The molecule has 0 aliphatic carbocycles. The third kappa shape index (κ3) is 2.76. The maximum absolute atomic E-state index is 12.7. The summed E-state index contributed by atoms with van der Waals surface area (Å²) >= 11 is 0. The van der Waals surface area contributed by atoms with Gasteiger partial charge in [-0.15, -0.1) is 0 Å². The van der Waals surface area contributed by atoms with Crippen molar-refractivity contribution in [3.05, 3.63) is 71.3 Å². The lowest BCUT2D eigenvalue weighted by Gasteiger charge is -2.26. The zero-order chi connectivity index (χ0) is 18.0. The first-order valence-electron chi connectivity index (χ1n) is 7.78. The van der Waals surface area contributed by atoms with Crippen LogP contribution in [0.1, 0.15) is 30.5 Å². The Morgan fingerprint density at radius 2 is 1.88 bits per heavy atom. The molecule has 2 heterocycles. The number of carbonyl (C=O) groups excluding carboxylic acids is 2. The van der Waals surface area contributed by atoms with Gasteiger partial charge >= 0.3 is 0 Å². The van der Waals surface area contributed by atoms with E-state index >= 15 is 0 Å². The highest BCUT2D eigenvalue weighted by molar-refractivity contribution is 6.16. The molecule has 0 bridgehead atoms. The second kappa shape index (κ2) is 6.57. The normalized spacial score (nSPS) is 16.9. The third-order valence-electron chi connectivity index (χ3n) is 4.13. The van der Waals surface area contributed by atoms with Gasteiger partial charge in [0, 0.05) is 24.5 Å². The number of hydrogen-bond donors (Lipinski definition) is 1. The summed E-state index contributed by atoms with van der Waals surface area (Å²) in [6.07, 6.45) is 3.32. The number of anilines is 1. The van der Waals surface area contributed by atoms with Crippen molar-refractivity contribution in [1.29, 1.82) is 5.26 Å². The van der Waals surface area contributed by atoms with Crippen LogP contribution in [0.25, 0.3) is 0 Å². The second-order valence-corrected chi connectivity index (χ2v) is 5.56. The standard InChI is InChI=1S/C19H15N3O3/c1-2-15(23)16-17(13-7-9-21-10-8-13)22(19(25)18(16)24)14-5-3-12(11-20)4-6-14/h3-10,17,24H,2H2,1H3. The maximum Gasteiger partial charge on any atom is 0.294 e. The summed E-state index contributed by atoms with van der Waals surface area (Å²) in [6.45, 7) is 1.68. The molecule has 2 aromatic rings. The highest BCUT2D eigenvalue weighted by Crippen LogP contribution is 2.41. The van der Waals surface area contributed by atoms with Crippen molar-refractivity contribution >= 4 is 17.4 Å². The van der Waals surface area contributed by atoms with Crippen LogP contribution in [0.5, 0.6) is 0 Å². The second-order valence-electron chi connectivity index (χ2n) is 5.56. The highest BCUT2D eigenvalue weighted by atomic mass is 16.3. The smallest absolute Gasteiger partial charge is 0.294 e. The zero-order valence-corrected chi connectivity index (χ0v) is 13.5. The quantitative estimate of drug-likeness (QED) is 0.928. The summed E-state index contributed by atoms with van der Waals surface area (Å²) in [5.41, 5.74) is 1.71. The average molecular weight is 333 g/mol. The molecule has 1 aliphatic heterocycles. The van der Waals surface area contributed by atoms with Crippen LogP contribution >= 0.6 is 0 Å². The molecule has 0 fully saturated rings. The molecule has 6 heteroatoms. The van der Waals surface area contributed by atoms with E-state index in [1.807, 2.05) is 6.07 Å². The van der Waals surface area contributed by atoms with Gasteiger partial charge in [0.25, 0.3) is 5.91 Å². The number of aliphatic hydroxyl groups is 1. The van der Waals surface area contributed by atoms with Crippen LogP contribution in [0, 0.1) is 11.3 Å². The van der Waals surface area contributed by atoms with E-state index in [2.05, 4.69) is 4.98 Å². The SMILES string of the molecule is CCC(=O)C1=C(O)C(=O)N(c2ccc(C#N)cc2)C1c1ccncc1. The summed E-state index contributed by atoms with van der Waals surface area (Å²) in [7, 11) is 0. The number of ketones is 1. The van der Waals surface area contributed by atoms with Crippen LogP contribution < -0.4 is 4.90 Å². The molecule has 0 saturated carbocycles. The number of amides is 1. The Hall–Kier alpha value is -3.46. The molecule has 1 aromatic heterocycles. The lowest BCUT2D eigenvalue weighted by atomic mass is 9.95. The van der Waals surface area contributed by atoms with E-state index in [-0.39, 0.29) is 17.8 Å². The molecule has 25 heavy (non-hydrogen) atoms. The number of Topliss-reactive ketones (excluding diaryl/α,β-unsaturated/α-hetero) is 1. The Morgan fingerprint density at radius 1 is 1.24 bits per heavy atom. The number of pyridine rings is 1. The van der Waals surface area contributed by atoms with Crippen LogP contribution in [0.15, 0.2) is 60.1 Å². The number of aromatic nitrogens is 1. The molecule has 0 saturated heterocycles. The Balaban J connectivity index is 2.15. The lowest BCUT2D eigenvalue weighted by Crippen LogP contribution is -2.31. The number of carbonyl (C=O) groups is 2. The molecular formula is C19H15N3O3. The summed E-state index contributed by atoms with van der Waals surface area (Å²) in [5, 5.41) is 19.3. The molecule has 1 aromatic carbocycles. The third-order valence-corrected chi connectivity index (χ3v) is 4.13. The van der Waals surface area contributed by atoms with Crippen LogP contribution in [-0.4, -0.2) is 21.8 Å². The van der Waals surface area contributed by atoms with E-state index in [1.165, 1.54) is 4.90 Å². The van der Waals surface area contributed by atoms with Crippen molar-refractivity contribution < 1.29 is 14.7 Å². The molecule has 3 rings (SSSR count). The molecule has 0 spiro atoms. The van der Waals surface area contributed by atoms with Crippen molar-refractivity contribution in [1.82, 2.24) is 4.98 Å². The first-order chi connectivity index (χ1) is 12.1. The maximum atomic E-state index is 12.7. The Labute approximate surface area is 144 Å². The monoisotopic (exact) mass is 333 g/mol. The van der Waals surface area contributed by atoms with Crippen LogP contribution in [0.4, 0.5) is 5.69 Å². The summed E-state index contributed by atoms with van der Waals surface area (Å²) in [5.74, 6) is -1.45. The van der Waals surface area contributed by atoms with Gasteiger partial charge in [-0.3, -0.25) is 19.5 Å². The molecular weight excluding hydrogens is 318 g/mol. The Bertz CT molecular complexity index is 896. The molecule has 124 valence electrons. The predicted molar refractivity (Wildman–Crippen MR) is 90.6 cm³/mol. The van der Waals surface area contributed by atoms with Crippen molar-refractivity contribution in [3.8, 4) is 6.07 Å². The van der Waals surface area contributed by atoms with Gasteiger partial charge < -0.3 is 5.11 Å². The number of nitriles is 1. The fourth-order valence-electron chi connectivity index (χ4n) is 2.90. The largest absolute Gasteiger partial charge is 0.503 e. The van der Waals surface area contributed by atoms with E-state index in [4.69, 9.17) is 5.26 Å². The van der Waals surface area contributed by atoms with Gasteiger partial charge in [-0.1, -0.05) is 6.92 Å². The van der Waals surface area contributed by atoms with Crippen molar-refractivity contribution in [3.63, 3.8) is 0 Å². The van der Waals surface area contributed by atoms with Crippen molar-refractivity contribution in [2.24, 2.45) is 0 Å². The fraction of sp³-hybridized carbons (Fsp3) is 0.158. The number of benzene rings is 1. The number of rotatable bonds is 4. The molecule has 6 nitrogen and oxygen atoms in total. The molecule has 1 N–H and O–H groups in total. The van der Waals surface area contributed by atoms with Gasteiger partial charge in [-0.05, 0) is 42.0 Å². The van der Waals surface area contributed by atoms with Crippen LogP contribution in [0.2, 0.25) is 0 Å². The summed E-state index contributed by atoms with van der Waals surface area (Å²) in [6, 6.07) is 11.1. The average Bonchev–Trinajstić information content (AvgIpc) is 2.93. The Kier molecular flexibility index (Phi) is 4.31. The van der Waals surface area contributed by atoms with E-state index in [0.29, 0.717) is 16.8 Å². The van der Waals surface area contributed by atoms with Gasteiger partial charge in [0.2, 0.25) is 0 Å². The lowest BCUT2D eigenvalue weighted by molar-refractivity contribution is -0.118. The first kappa shape index (κ1) is 16.4. The number of nitrogens with zero attached hydrogens (tertiary/aromatic N) is 3. The van der Waals surface area contributed by atoms with E-state index < -0.39 is 17.7 Å². The van der Waals surface area contributed by atoms with E-state index in [0.717, 1.165) is 0 Å². The highest BCUT2D eigenvalue weighted by Gasteiger charge is 2.43. The Morgan fingerprint density at radius 3 is 2.44 bits per heavy atom. The minimum atomic E-state index is -0.726. The minimum absolute atomic E-state index is 0.0862. The topological polar surface area (TPSA) is 94.3 Å².